The molecular weight excluding hydrogens is 614 g/mol. The van der Waals surface area contributed by atoms with E-state index in [-0.39, 0.29) is 66.3 Å². The number of hydrogen-bond donors (Lipinski definition) is 1. The van der Waals surface area contributed by atoms with Gasteiger partial charge in [-0.3, -0.25) is 10.2 Å². The van der Waals surface area contributed by atoms with Crippen molar-refractivity contribution in [3.8, 4) is 17.2 Å². The summed E-state index contributed by atoms with van der Waals surface area (Å²) in [5.74, 6) is -5.14. The highest BCUT2D eigenvalue weighted by Gasteiger charge is 2.42. The van der Waals surface area contributed by atoms with Gasteiger partial charge in [0.25, 0.3) is 0 Å². The van der Waals surface area contributed by atoms with Crippen LogP contribution in [0.1, 0.15) is 74.5 Å². The smallest absolute Gasteiger partial charge is 0.490 e. The van der Waals surface area contributed by atoms with Crippen LogP contribution in [0.2, 0.25) is 0 Å². The minimum absolute atomic E-state index is 0.0347. The van der Waals surface area contributed by atoms with Crippen LogP contribution in [0, 0.1) is 11.2 Å². The van der Waals surface area contributed by atoms with Gasteiger partial charge in [0, 0.05) is 30.8 Å². The summed E-state index contributed by atoms with van der Waals surface area (Å²) in [4.78, 5) is 40.4. The van der Waals surface area contributed by atoms with Gasteiger partial charge in [-0.15, -0.1) is 0 Å². The van der Waals surface area contributed by atoms with E-state index in [1.54, 1.807) is 32.0 Å². The van der Waals surface area contributed by atoms with Crippen molar-refractivity contribution in [2.24, 2.45) is 0 Å². The first-order valence-corrected chi connectivity index (χ1v) is 14.9. The molecule has 0 aliphatic carbocycles. The summed E-state index contributed by atoms with van der Waals surface area (Å²) >= 11 is 0. The Morgan fingerprint density at radius 2 is 1.59 bits per heavy atom. The SMILES string of the molecule is CCOc1cc2c(c(F)c1OCC)C(=N)N(CC(=O)c1cc(N3CCCC3)c(OCC(=O)OC(=O)C(F)(F)F)c(C(C)(C)C)c1)C2. The normalized spacial score (nSPS) is 14.8. The van der Waals surface area contributed by atoms with E-state index in [1.807, 2.05) is 25.7 Å². The van der Waals surface area contributed by atoms with Crippen LogP contribution in [0.3, 0.4) is 0 Å². The second kappa shape index (κ2) is 13.6. The number of Topliss-reactive ketones (excluding diaryl/α,β-unsaturated/α-hetero) is 1. The maximum absolute atomic E-state index is 15.6. The molecule has 2 aliphatic heterocycles. The van der Waals surface area contributed by atoms with E-state index >= 15 is 4.39 Å². The van der Waals surface area contributed by atoms with E-state index in [9.17, 15) is 27.6 Å². The lowest BCUT2D eigenvalue weighted by Gasteiger charge is -2.29. The second-order valence-corrected chi connectivity index (χ2v) is 11.9. The topological polar surface area (TPSA) is 118 Å². The molecule has 2 aromatic rings. The molecule has 2 heterocycles. The standard InChI is InChI=1S/C32H37F4N3O7/c1-6-43-23-14-19-15-39(29(37)25(19)26(33)28(23)44-7-2)16-22(40)18-12-20(31(3,4)5)27(21(13-18)38-10-8-9-11-38)45-17-24(41)46-30(42)32(34,35)36/h12-14,37H,6-11,15-17H2,1-5H3. The molecule has 2 aliphatic rings. The predicted molar refractivity (Wildman–Crippen MR) is 160 cm³/mol. The molecule has 0 aromatic heterocycles. The van der Waals surface area contributed by atoms with Gasteiger partial charge in [-0.25, -0.2) is 14.0 Å². The molecule has 1 fully saturated rings. The second-order valence-electron chi connectivity index (χ2n) is 11.9. The molecule has 4 rings (SSSR count). The van der Waals surface area contributed by atoms with E-state index < -0.39 is 36.0 Å². The monoisotopic (exact) mass is 651 g/mol. The first-order valence-electron chi connectivity index (χ1n) is 14.9. The maximum atomic E-state index is 15.6. The van der Waals surface area contributed by atoms with Crippen LogP contribution in [0.25, 0.3) is 0 Å². The number of esters is 2. The van der Waals surface area contributed by atoms with Crippen molar-refractivity contribution < 1.29 is 50.9 Å². The summed E-state index contributed by atoms with van der Waals surface area (Å²) in [5.41, 5.74) is 1.06. The fourth-order valence-electron chi connectivity index (χ4n) is 5.42. The summed E-state index contributed by atoms with van der Waals surface area (Å²) in [6.45, 7) is 9.51. The molecule has 1 saturated heterocycles. The predicted octanol–water partition coefficient (Wildman–Crippen LogP) is 5.56. The highest BCUT2D eigenvalue weighted by atomic mass is 19.4. The quantitative estimate of drug-likeness (QED) is 0.144. The van der Waals surface area contributed by atoms with Gasteiger partial charge in [0.1, 0.15) is 11.6 Å². The first-order chi connectivity index (χ1) is 21.6. The number of carbonyl (C=O) groups is 3. The number of alkyl halides is 3. The van der Waals surface area contributed by atoms with Gasteiger partial charge in [0.05, 0.1) is 31.0 Å². The lowest BCUT2D eigenvalue weighted by molar-refractivity contribution is -0.202. The average molecular weight is 652 g/mol. The molecule has 0 saturated carbocycles. The summed E-state index contributed by atoms with van der Waals surface area (Å²) in [6, 6.07) is 4.78. The molecular formula is C32H37F4N3O7. The van der Waals surface area contributed by atoms with Crippen molar-refractivity contribution in [2.45, 2.75) is 65.6 Å². The number of ketones is 1. The third kappa shape index (κ3) is 7.37. The molecule has 0 radical (unpaired) electrons. The zero-order valence-electron chi connectivity index (χ0n) is 26.4. The molecule has 1 N–H and O–H groups in total. The molecule has 14 heteroatoms. The molecule has 0 atom stereocenters. The minimum atomic E-state index is -5.34. The van der Waals surface area contributed by atoms with Gasteiger partial charge in [-0.2, -0.15) is 13.2 Å². The van der Waals surface area contributed by atoms with Gasteiger partial charge in [0.2, 0.25) is 0 Å². The van der Waals surface area contributed by atoms with Crippen LogP contribution in [0.5, 0.6) is 17.2 Å². The average Bonchev–Trinajstić information content (AvgIpc) is 3.61. The molecule has 0 bridgehead atoms. The Labute approximate surface area is 264 Å². The maximum Gasteiger partial charge on any atom is 0.491 e. The van der Waals surface area contributed by atoms with Crippen LogP contribution in [0.15, 0.2) is 18.2 Å². The number of amidine groups is 1. The van der Waals surface area contributed by atoms with Crippen molar-refractivity contribution in [1.29, 1.82) is 5.41 Å². The highest BCUT2D eigenvalue weighted by molar-refractivity contribution is 6.06. The number of ether oxygens (including phenoxy) is 4. The van der Waals surface area contributed by atoms with Crippen LogP contribution >= 0.6 is 0 Å². The van der Waals surface area contributed by atoms with Crippen LogP contribution in [0.4, 0.5) is 23.2 Å². The van der Waals surface area contributed by atoms with Crippen molar-refractivity contribution in [3.63, 3.8) is 0 Å². The summed E-state index contributed by atoms with van der Waals surface area (Å²) in [7, 11) is 0. The number of anilines is 1. The Bertz CT molecular complexity index is 1530. The van der Waals surface area contributed by atoms with Crippen molar-refractivity contribution in [2.75, 3.05) is 44.4 Å². The third-order valence-electron chi connectivity index (χ3n) is 7.52. The third-order valence-corrected chi connectivity index (χ3v) is 7.52. The molecule has 0 spiro atoms. The van der Waals surface area contributed by atoms with E-state index in [1.165, 1.54) is 4.90 Å². The largest absolute Gasteiger partial charge is 0.491 e. The van der Waals surface area contributed by atoms with Gasteiger partial charge in [0.15, 0.2) is 29.7 Å². The van der Waals surface area contributed by atoms with Crippen molar-refractivity contribution in [3.05, 3.63) is 46.3 Å². The van der Waals surface area contributed by atoms with E-state index in [4.69, 9.17) is 19.6 Å². The Morgan fingerprint density at radius 3 is 2.17 bits per heavy atom. The Kier molecular flexibility index (Phi) is 10.2. The lowest BCUT2D eigenvalue weighted by atomic mass is 9.84. The number of fused-ring (bicyclic) bond motifs is 1. The van der Waals surface area contributed by atoms with E-state index in [0.29, 0.717) is 29.9 Å². The molecule has 250 valence electrons. The molecule has 2 aromatic carbocycles. The van der Waals surface area contributed by atoms with Crippen LogP contribution < -0.4 is 19.1 Å². The van der Waals surface area contributed by atoms with Gasteiger partial charge in [-0.1, -0.05) is 20.8 Å². The summed E-state index contributed by atoms with van der Waals surface area (Å²) < 4.78 is 74.0. The Hall–Kier alpha value is -4.36. The minimum Gasteiger partial charge on any atom is -0.490 e. The molecule has 0 amide bonds. The van der Waals surface area contributed by atoms with Gasteiger partial charge < -0.3 is 28.7 Å². The number of rotatable bonds is 11. The van der Waals surface area contributed by atoms with Crippen molar-refractivity contribution >= 4 is 29.2 Å². The number of carbonyl (C=O) groups excluding carboxylic acids is 3. The Balaban J connectivity index is 1.65. The van der Waals surface area contributed by atoms with Gasteiger partial charge in [-0.05, 0) is 55.9 Å². The fourth-order valence-corrected chi connectivity index (χ4v) is 5.42. The van der Waals surface area contributed by atoms with E-state index in [0.717, 1.165) is 12.8 Å². The molecule has 0 unspecified atom stereocenters. The van der Waals surface area contributed by atoms with Crippen LogP contribution in [-0.2, 0) is 26.3 Å². The fraction of sp³-hybridized carbons (Fsp3) is 0.500. The molecule has 46 heavy (non-hydrogen) atoms. The zero-order chi connectivity index (χ0) is 34.0. The Morgan fingerprint density at radius 1 is 0.935 bits per heavy atom. The zero-order valence-corrected chi connectivity index (χ0v) is 26.4. The number of benzene rings is 2. The summed E-state index contributed by atoms with van der Waals surface area (Å²) in [6.07, 6.45) is -3.66. The lowest BCUT2D eigenvalue weighted by Crippen LogP contribution is -2.31. The van der Waals surface area contributed by atoms with E-state index in [2.05, 4.69) is 4.74 Å². The van der Waals surface area contributed by atoms with Gasteiger partial charge >= 0.3 is 18.1 Å². The molecule has 10 nitrogen and oxygen atoms in total. The first kappa shape index (κ1) is 34.5. The summed E-state index contributed by atoms with van der Waals surface area (Å²) in [5, 5.41) is 8.69. The number of halogens is 4. The number of nitrogens with zero attached hydrogens (tertiary/aromatic N) is 2. The number of nitrogens with one attached hydrogen (secondary N) is 1. The number of hydrogen-bond acceptors (Lipinski definition) is 9. The van der Waals surface area contributed by atoms with Crippen molar-refractivity contribution in [1.82, 2.24) is 4.90 Å². The highest BCUT2D eigenvalue weighted by Crippen LogP contribution is 2.42. The van der Waals surface area contributed by atoms with Crippen LogP contribution in [-0.4, -0.2) is 74.1 Å².